The summed E-state index contributed by atoms with van der Waals surface area (Å²) in [5.41, 5.74) is 2.17. The van der Waals surface area contributed by atoms with Crippen molar-refractivity contribution in [2.75, 3.05) is 29.4 Å². The van der Waals surface area contributed by atoms with Gasteiger partial charge >= 0.3 is 6.03 Å². The minimum atomic E-state index is -0.434. The van der Waals surface area contributed by atoms with E-state index in [0.717, 1.165) is 11.3 Å². The van der Waals surface area contributed by atoms with Crippen LogP contribution in [0.3, 0.4) is 0 Å². The fraction of sp³-hybridized carbons (Fsp3) is 0.312. The van der Waals surface area contributed by atoms with E-state index in [1.54, 1.807) is 21.2 Å². The molecule has 9 nitrogen and oxygen atoms in total. The molecule has 3 amide bonds. The number of nitro benzene ring substituents is 1. The summed E-state index contributed by atoms with van der Waals surface area (Å²) >= 11 is 1.33. The highest BCUT2D eigenvalue weighted by Crippen LogP contribution is 2.32. The molecule has 1 aromatic heterocycles. The van der Waals surface area contributed by atoms with Crippen molar-refractivity contribution in [2.45, 2.75) is 12.8 Å². The summed E-state index contributed by atoms with van der Waals surface area (Å²) in [7, 11) is 0. The summed E-state index contributed by atoms with van der Waals surface area (Å²) in [4.78, 5) is 42.4. The van der Waals surface area contributed by atoms with Gasteiger partial charge in [0.05, 0.1) is 17.0 Å². The summed E-state index contributed by atoms with van der Waals surface area (Å²) < 4.78 is 0. The molecular weight excluding hydrogens is 358 g/mol. The Morgan fingerprint density at radius 2 is 2.23 bits per heavy atom. The molecule has 1 aromatic carbocycles. The minimum absolute atomic E-state index is 0.0334. The number of rotatable bonds is 4. The van der Waals surface area contributed by atoms with E-state index in [2.05, 4.69) is 10.3 Å². The van der Waals surface area contributed by atoms with E-state index in [4.69, 9.17) is 0 Å². The normalized spacial score (nSPS) is 15.9. The van der Waals surface area contributed by atoms with E-state index >= 15 is 0 Å². The first kappa shape index (κ1) is 16.5. The molecule has 10 heteroatoms. The molecule has 4 rings (SSSR count). The molecule has 0 unspecified atom stereocenters. The zero-order chi connectivity index (χ0) is 18.3. The molecule has 26 heavy (non-hydrogen) atoms. The van der Waals surface area contributed by atoms with E-state index in [-0.39, 0.29) is 24.0 Å². The zero-order valence-electron chi connectivity index (χ0n) is 13.7. The average molecular weight is 373 g/mol. The van der Waals surface area contributed by atoms with Crippen molar-refractivity contribution in [1.29, 1.82) is 0 Å². The molecule has 3 heterocycles. The van der Waals surface area contributed by atoms with Crippen molar-refractivity contribution in [2.24, 2.45) is 0 Å². The van der Waals surface area contributed by atoms with E-state index in [1.165, 1.54) is 23.5 Å². The standard InChI is InChI=1S/C16H15N5O4S/c22-14(8-11-9-26-16(18-11)20-6-4-17-15(20)23)19-5-3-10-7-12(21(24)25)1-2-13(10)19/h1-2,7,9H,3-6,8H2,(H,17,23). The quantitative estimate of drug-likeness (QED) is 0.648. The molecule has 0 spiro atoms. The fourth-order valence-corrected chi connectivity index (χ4v) is 4.02. The van der Waals surface area contributed by atoms with Crippen LogP contribution in [0.2, 0.25) is 0 Å². The Hall–Kier alpha value is -3.01. The second-order valence-electron chi connectivity index (χ2n) is 6.05. The van der Waals surface area contributed by atoms with Gasteiger partial charge < -0.3 is 10.2 Å². The van der Waals surface area contributed by atoms with Crippen molar-refractivity contribution in [3.63, 3.8) is 0 Å². The number of non-ortho nitro benzene ring substituents is 1. The first-order valence-electron chi connectivity index (χ1n) is 8.10. The molecular formula is C16H15N5O4S. The van der Waals surface area contributed by atoms with Gasteiger partial charge in [0.25, 0.3) is 5.69 Å². The fourth-order valence-electron chi connectivity index (χ4n) is 3.17. The third-order valence-corrected chi connectivity index (χ3v) is 5.34. The van der Waals surface area contributed by atoms with E-state index in [0.29, 0.717) is 36.9 Å². The molecule has 0 saturated carbocycles. The number of amides is 3. The van der Waals surface area contributed by atoms with Crippen LogP contribution in [0.25, 0.3) is 0 Å². The Bertz CT molecular complexity index is 912. The van der Waals surface area contributed by atoms with Gasteiger partial charge in [-0.1, -0.05) is 0 Å². The van der Waals surface area contributed by atoms with E-state index in [9.17, 15) is 19.7 Å². The van der Waals surface area contributed by atoms with Gasteiger partial charge in [-0.05, 0) is 18.1 Å². The second kappa shape index (κ2) is 6.37. The summed E-state index contributed by atoms with van der Waals surface area (Å²) in [6.07, 6.45) is 0.724. The van der Waals surface area contributed by atoms with Crippen LogP contribution < -0.4 is 15.1 Å². The molecule has 0 bridgehead atoms. The Kier molecular flexibility index (Phi) is 4.03. The number of nitro groups is 1. The first-order valence-corrected chi connectivity index (χ1v) is 8.98. The predicted molar refractivity (Wildman–Crippen MR) is 95.7 cm³/mol. The summed E-state index contributed by atoms with van der Waals surface area (Å²) in [6.45, 7) is 1.66. The molecule has 1 fully saturated rings. The average Bonchev–Trinajstić information content (AvgIpc) is 3.33. The second-order valence-corrected chi connectivity index (χ2v) is 6.88. The molecule has 1 saturated heterocycles. The Morgan fingerprint density at radius 1 is 1.38 bits per heavy atom. The predicted octanol–water partition coefficient (Wildman–Crippen LogP) is 1.71. The lowest BCUT2D eigenvalue weighted by Gasteiger charge is -2.16. The lowest BCUT2D eigenvalue weighted by atomic mass is 10.1. The van der Waals surface area contributed by atoms with Gasteiger partial charge in [0.2, 0.25) is 5.91 Å². The lowest BCUT2D eigenvalue weighted by molar-refractivity contribution is -0.384. The summed E-state index contributed by atoms with van der Waals surface area (Å²) in [5, 5.41) is 16.0. The number of benzene rings is 1. The van der Waals surface area contributed by atoms with Crippen LogP contribution >= 0.6 is 11.3 Å². The maximum absolute atomic E-state index is 12.7. The van der Waals surface area contributed by atoms with Crippen LogP contribution in [0.5, 0.6) is 0 Å². The molecule has 2 aromatic rings. The van der Waals surface area contributed by atoms with Gasteiger partial charge in [-0.15, -0.1) is 11.3 Å². The number of nitrogens with zero attached hydrogens (tertiary/aromatic N) is 4. The molecule has 0 atom stereocenters. The van der Waals surface area contributed by atoms with E-state index in [1.807, 2.05) is 0 Å². The number of hydrogen-bond acceptors (Lipinski definition) is 6. The Labute approximate surface area is 152 Å². The Balaban J connectivity index is 1.48. The smallest absolute Gasteiger partial charge is 0.323 e. The van der Waals surface area contributed by atoms with Gasteiger partial charge in [-0.25, -0.2) is 9.78 Å². The molecule has 0 radical (unpaired) electrons. The van der Waals surface area contributed by atoms with Gasteiger partial charge in [0.1, 0.15) is 0 Å². The molecule has 2 aliphatic heterocycles. The monoisotopic (exact) mass is 373 g/mol. The zero-order valence-corrected chi connectivity index (χ0v) is 14.5. The maximum atomic E-state index is 12.7. The first-order chi connectivity index (χ1) is 12.5. The van der Waals surface area contributed by atoms with Crippen molar-refractivity contribution >= 4 is 39.8 Å². The van der Waals surface area contributed by atoms with E-state index < -0.39 is 4.92 Å². The third-order valence-electron chi connectivity index (χ3n) is 4.43. The van der Waals surface area contributed by atoms with Crippen LogP contribution in [0.4, 0.5) is 21.3 Å². The number of urea groups is 1. The van der Waals surface area contributed by atoms with Gasteiger partial charge in [-0.3, -0.25) is 19.8 Å². The Morgan fingerprint density at radius 3 is 2.96 bits per heavy atom. The number of nitrogens with one attached hydrogen (secondary N) is 1. The number of anilines is 2. The lowest BCUT2D eigenvalue weighted by Crippen LogP contribution is -2.30. The highest BCUT2D eigenvalue weighted by atomic mass is 32.1. The van der Waals surface area contributed by atoms with Crippen LogP contribution in [-0.2, 0) is 17.6 Å². The van der Waals surface area contributed by atoms with Crippen molar-refractivity contribution in [3.8, 4) is 0 Å². The maximum Gasteiger partial charge on any atom is 0.323 e. The largest absolute Gasteiger partial charge is 0.336 e. The number of carbonyl (C=O) groups excluding carboxylic acids is 2. The third kappa shape index (κ3) is 2.88. The van der Waals surface area contributed by atoms with Crippen LogP contribution in [0.1, 0.15) is 11.3 Å². The van der Waals surface area contributed by atoms with Crippen molar-refractivity contribution in [1.82, 2.24) is 10.3 Å². The van der Waals surface area contributed by atoms with Crippen molar-refractivity contribution < 1.29 is 14.5 Å². The molecule has 134 valence electrons. The highest BCUT2D eigenvalue weighted by molar-refractivity contribution is 7.14. The van der Waals surface area contributed by atoms with Crippen LogP contribution in [0.15, 0.2) is 23.6 Å². The number of carbonyl (C=O) groups is 2. The molecule has 1 N–H and O–H groups in total. The number of fused-ring (bicyclic) bond motifs is 1. The number of aromatic nitrogens is 1. The number of thiazole rings is 1. The molecule has 2 aliphatic rings. The van der Waals surface area contributed by atoms with Gasteiger partial charge in [-0.2, -0.15) is 0 Å². The van der Waals surface area contributed by atoms with Crippen molar-refractivity contribution in [3.05, 3.63) is 45.0 Å². The number of hydrogen-bond donors (Lipinski definition) is 1. The van der Waals surface area contributed by atoms with Crippen LogP contribution in [-0.4, -0.2) is 41.5 Å². The summed E-state index contributed by atoms with van der Waals surface area (Å²) in [5.74, 6) is -0.111. The van der Waals surface area contributed by atoms with Gasteiger partial charge in [0.15, 0.2) is 5.13 Å². The minimum Gasteiger partial charge on any atom is -0.336 e. The van der Waals surface area contributed by atoms with Crippen LogP contribution in [0, 0.1) is 10.1 Å². The summed E-state index contributed by atoms with van der Waals surface area (Å²) in [6, 6.07) is 4.39. The topological polar surface area (TPSA) is 109 Å². The molecule has 0 aliphatic carbocycles. The highest BCUT2D eigenvalue weighted by Gasteiger charge is 2.28. The van der Waals surface area contributed by atoms with Gasteiger partial charge in [0, 0.05) is 42.8 Å². The SMILES string of the molecule is O=C1NCCN1c1nc(CC(=O)N2CCc3cc([N+](=O)[O-])ccc32)cs1.